The zero-order chi connectivity index (χ0) is 36.2. The summed E-state index contributed by atoms with van der Waals surface area (Å²) in [4.78, 5) is 21.7. The molecule has 0 atom stereocenters. The number of hydrogen-bond donors (Lipinski definition) is 7. The van der Waals surface area contributed by atoms with Crippen molar-refractivity contribution in [2.45, 2.75) is 4.90 Å². The average molecular weight is 699 g/mol. The van der Waals surface area contributed by atoms with Crippen molar-refractivity contribution in [2.75, 3.05) is 0 Å². The number of carboxylic acids is 2. The fourth-order valence-corrected chi connectivity index (χ4v) is 4.78. The minimum atomic E-state index is -4.88. The number of carboxylic acid groups (broad SMARTS) is 2. The van der Waals surface area contributed by atoms with Crippen LogP contribution in [0.15, 0.2) is 127 Å². The molecule has 5 aromatic carbocycles. The lowest BCUT2D eigenvalue weighted by Gasteiger charge is -2.07. The van der Waals surface area contributed by atoms with Gasteiger partial charge in [-0.2, -0.15) is 23.8 Å². The molecule has 18 heteroatoms. The first-order valence-electron chi connectivity index (χ1n) is 13.9. The van der Waals surface area contributed by atoms with Crippen molar-refractivity contribution in [1.82, 2.24) is 0 Å². The van der Waals surface area contributed by atoms with Gasteiger partial charge in [0, 0.05) is 0 Å². The molecule has 0 saturated carbocycles. The first-order chi connectivity index (χ1) is 23.7. The van der Waals surface area contributed by atoms with E-state index in [0.29, 0.717) is 23.5 Å². The van der Waals surface area contributed by atoms with E-state index in [1.807, 2.05) is 0 Å². The van der Waals surface area contributed by atoms with Gasteiger partial charge < -0.3 is 30.6 Å². The molecule has 0 aliphatic heterocycles. The molecule has 0 fully saturated rings. The number of nitrogens with zero attached hydrogens (tertiary/aromatic N) is 6. The minimum absolute atomic E-state index is 0.243. The first-order valence-corrected chi connectivity index (χ1v) is 15.3. The molecule has 50 heavy (non-hydrogen) atoms. The lowest BCUT2D eigenvalue weighted by atomic mass is 10.1. The summed E-state index contributed by atoms with van der Waals surface area (Å²) in [6.07, 6.45) is 0. The van der Waals surface area contributed by atoms with Gasteiger partial charge in [-0.3, -0.25) is 4.55 Å². The van der Waals surface area contributed by atoms with Gasteiger partial charge in [0.05, 0.1) is 22.0 Å². The van der Waals surface area contributed by atoms with Crippen molar-refractivity contribution in [1.29, 1.82) is 0 Å². The Bertz CT molecular complexity index is 2340. The fourth-order valence-electron chi connectivity index (χ4n) is 4.25. The van der Waals surface area contributed by atoms with Gasteiger partial charge in [0.25, 0.3) is 10.1 Å². The van der Waals surface area contributed by atoms with Gasteiger partial charge in [-0.15, -0.1) is 15.3 Å². The molecular weight excluding hydrogens is 676 g/mol. The standard InChI is InChI=1S/C32H22N6O11S/c39-26-11-9-20(13-22(26)31(43)44)35-33-18-5-1-16(2-6-18)17-3-7-19(8-4-17)34-38-28-27(40)12-10-24(30(28)42)36-37-25-15-21(50(47,48)49)14-23(29(25)41)32(45)46/h1-15,39-42H,(H,43,44)(H,45,46)(H,47,48,49). The number of azo groups is 3. The van der Waals surface area contributed by atoms with E-state index in [1.54, 1.807) is 48.5 Å². The molecule has 5 aromatic rings. The summed E-state index contributed by atoms with van der Waals surface area (Å²) in [5.74, 6) is -5.55. The highest BCUT2D eigenvalue weighted by atomic mass is 32.2. The summed E-state index contributed by atoms with van der Waals surface area (Å²) < 4.78 is 32.4. The Morgan fingerprint density at radius 1 is 0.500 bits per heavy atom. The number of rotatable bonds is 10. The minimum Gasteiger partial charge on any atom is -0.507 e. The molecule has 0 amide bonds. The predicted molar refractivity (Wildman–Crippen MR) is 174 cm³/mol. The quantitative estimate of drug-likeness (QED) is 0.0540. The van der Waals surface area contributed by atoms with Crippen molar-refractivity contribution >= 4 is 56.2 Å². The highest BCUT2D eigenvalue weighted by molar-refractivity contribution is 7.85. The molecule has 0 radical (unpaired) electrons. The van der Waals surface area contributed by atoms with Crippen LogP contribution in [0.2, 0.25) is 0 Å². The molecular formula is C32H22N6O11S. The van der Waals surface area contributed by atoms with Crippen LogP contribution in [0.1, 0.15) is 20.7 Å². The lowest BCUT2D eigenvalue weighted by Crippen LogP contribution is -2.03. The summed E-state index contributed by atoms with van der Waals surface area (Å²) in [6.45, 7) is 0. The van der Waals surface area contributed by atoms with E-state index >= 15 is 0 Å². The maximum atomic E-state index is 11.6. The topological polar surface area (TPSA) is 284 Å². The molecule has 0 aliphatic rings. The molecule has 5 rings (SSSR count). The van der Waals surface area contributed by atoms with E-state index in [1.165, 1.54) is 18.2 Å². The van der Waals surface area contributed by atoms with E-state index in [2.05, 4.69) is 30.7 Å². The third kappa shape index (κ3) is 7.73. The third-order valence-electron chi connectivity index (χ3n) is 6.79. The number of aromatic hydroxyl groups is 4. The van der Waals surface area contributed by atoms with Crippen molar-refractivity contribution in [3.8, 4) is 34.1 Å². The van der Waals surface area contributed by atoms with Crippen LogP contribution in [0.5, 0.6) is 23.0 Å². The molecule has 0 aliphatic carbocycles. The van der Waals surface area contributed by atoms with Crippen molar-refractivity contribution < 1.29 is 53.2 Å². The second-order valence-corrected chi connectivity index (χ2v) is 11.5. The van der Waals surface area contributed by atoms with E-state index in [0.717, 1.165) is 23.3 Å². The smallest absolute Gasteiger partial charge is 0.339 e. The van der Waals surface area contributed by atoms with E-state index in [4.69, 9.17) is 5.11 Å². The van der Waals surface area contributed by atoms with E-state index < -0.39 is 61.1 Å². The van der Waals surface area contributed by atoms with Crippen LogP contribution in [0.3, 0.4) is 0 Å². The number of phenols is 4. The molecule has 17 nitrogen and oxygen atoms in total. The van der Waals surface area contributed by atoms with Gasteiger partial charge in [0.2, 0.25) is 0 Å². The third-order valence-corrected chi connectivity index (χ3v) is 7.62. The molecule has 7 N–H and O–H groups in total. The second-order valence-electron chi connectivity index (χ2n) is 10.1. The first kappa shape index (κ1) is 34.3. The summed E-state index contributed by atoms with van der Waals surface area (Å²) in [6, 6.07) is 20.9. The number of hydrogen-bond acceptors (Lipinski definition) is 14. The SMILES string of the molecule is O=C(O)c1cc(N=Nc2ccc(-c3ccc(N=Nc4c(O)ccc(N=Nc5cc(S(=O)(=O)O)cc(C(=O)O)c5O)c4O)cc3)cc2)ccc1O. The highest BCUT2D eigenvalue weighted by Crippen LogP contribution is 2.45. The maximum Gasteiger partial charge on any atom is 0.339 e. The van der Waals surface area contributed by atoms with Crippen LogP contribution in [0.25, 0.3) is 11.1 Å². The van der Waals surface area contributed by atoms with Crippen molar-refractivity contribution in [3.05, 3.63) is 102 Å². The monoisotopic (exact) mass is 698 g/mol. The zero-order valence-corrected chi connectivity index (χ0v) is 25.8. The second kappa shape index (κ2) is 14.0. The summed E-state index contributed by atoms with van der Waals surface area (Å²) in [7, 11) is -4.88. The van der Waals surface area contributed by atoms with Crippen LogP contribution in [0, 0.1) is 0 Å². The van der Waals surface area contributed by atoms with E-state index in [9.17, 15) is 48.1 Å². The van der Waals surface area contributed by atoms with Gasteiger partial charge >= 0.3 is 11.9 Å². The van der Waals surface area contributed by atoms with Gasteiger partial charge in [-0.05, 0) is 77.9 Å². The summed E-state index contributed by atoms with van der Waals surface area (Å²) >= 11 is 0. The summed E-state index contributed by atoms with van der Waals surface area (Å²) in [5.41, 5.74) is 0.0833. The lowest BCUT2D eigenvalue weighted by molar-refractivity contribution is 0.0682. The molecule has 252 valence electrons. The Kier molecular flexibility index (Phi) is 9.58. The molecule has 0 heterocycles. The van der Waals surface area contributed by atoms with Crippen LogP contribution in [-0.2, 0) is 10.1 Å². The van der Waals surface area contributed by atoms with Gasteiger partial charge in [-0.1, -0.05) is 24.3 Å². The number of benzene rings is 5. The van der Waals surface area contributed by atoms with Crippen LogP contribution in [0.4, 0.5) is 34.1 Å². The van der Waals surface area contributed by atoms with Gasteiger partial charge in [0.1, 0.15) is 34.0 Å². The normalized spacial score (nSPS) is 11.9. The predicted octanol–water partition coefficient (Wildman–Crippen LogP) is 8.07. The Morgan fingerprint density at radius 3 is 1.56 bits per heavy atom. The largest absolute Gasteiger partial charge is 0.507 e. The fraction of sp³-hybridized carbons (Fsp3) is 0. The number of carbonyl (C=O) groups is 2. The molecule has 0 unspecified atom stereocenters. The Labute approximate surface area is 280 Å². The highest BCUT2D eigenvalue weighted by Gasteiger charge is 2.21. The maximum absolute atomic E-state index is 11.6. The van der Waals surface area contributed by atoms with Gasteiger partial charge in [-0.25, -0.2) is 9.59 Å². The average Bonchev–Trinajstić information content (AvgIpc) is 3.07. The van der Waals surface area contributed by atoms with Crippen molar-refractivity contribution in [3.63, 3.8) is 0 Å². The van der Waals surface area contributed by atoms with Crippen LogP contribution < -0.4 is 0 Å². The number of phenolic OH excluding ortho intramolecular Hbond substituents is 2. The van der Waals surface area contributed by atoms with E-state index in [-0.39, 0.29) is 22.7 Å². The molecule has 0 aromatic heterocycles. The molecule has 0 saturated heterocycles. The zero-order valence-electron chi connectivity index (χ0n) is 25.0. The molecule has 0 spiro atoms. The Morgan fingerprint density at radius 2 is 1.00 bits per heavy atom. The van der Waals surface area contributed by atoms with Crippen molar-refractivity contribution in [2.24, 2.45) is 30.7 Å². The Hall–Kier alpha value is -7.05. The number of aromatic carboxylic acids is 2. The summed E-state index contributed by atoms with van der Waals surface area (Å²) in [5, 5.41) is 82.5. The van der Waals surface area contributed by atoms with Gasteiger partial charge in [0.15, 0.2) is 17.2 Å². The Balaban J connectivity index is 1.32. The van der Waals surface area contributed by atoms with Crippen LogP contribution in [-0.4, -0.2) is 55.5 Å². The van der Waals surface area contributed by atoms with Crippen LogP contribution >= 0.6 is 0 Å². The molecule has 0 bridgehead atoms.